The maximum absolute atomic E-state index is 12.5. The molecule has 1 N–H and O–H groups in total. The Kier molecular flexibility index (Phi) is 4.47. The van der Waals surface area contributed by atoms with Gasteiger partial charge < -0.3 is 10.2 Å². The van der Waals surface area contributed by atoms with Crippen molar-refractivity contribution >= 4 is 33.3 Å². The van der Waals surface area contributed by atoms with Gasteiger partial charge in [-0.25, -0.2) is 9.97 Å². The molecule has 6 nitrogen and oxygen atoms in total. The van der Waals surface area contributed by atoms with Crippen molar-refractivity contribution in [2.75, 3.05) is 18.5 Å². The molecule has 1 saturated heterocycles. The quantitative estimate of drug-likeness (QED) is 0.739. The Morgan fingerprint density at radius 3 is 2.96 bits per heavy atom. The lowest BCUT2D eigenvalue weighted by Crippen LogP contribution is -2.42. The number of amides is 1. The molecule has 3 aromatic rings. The summed E-state index contributed by atoms with van der Waals surface area (Å²) in [4.78, 5) is 31.3. The van der Waals surface area contributed by atoms with Crippen LogP contribution in [-0.2, 0) is 17.6 Å². The Hall–Kier alpha value is -2.54. The van der Waals surface area contributed by atoms with Gasteiger partial charge in [-0.15, -0.1) is 11.3 Å². The van der Waals surface area contributed by atoms with Crippen molar-refractivity contribution in [2.24, 2.45) is 0 Å². The molecule has 0 bridgehead atoms. The fraction of sp³-hybridized carbons (Fsp3) is 0.429. The normalized spacial score (nSPS) is 19.0. The minimum atomic E-state index is -0.163. The molecule has 5 rings (SSSR count). The van der Waals surface area contributed by atoms with Gasteiger partial charge in [0.05, 0.1) is 5.39 Å². The van der Waals surface area contributed by atoms with Crippen LogP contribution in [-0.4, -0.2) is 40.5 Å². The summed E-state index contributed by atoms with van der Waals surface area (Å²) in [7, 11) is 1.71. The van der Waals surface area contributed by atoms with Crippen LogP contribution in [0.1, 0.15) is 36.1 Å². The lowest BCUT2D eigenvalue weighted by Gasteiger charge is -2.26. The highest BCUT2D eigenvalue weighted by Crippen LogP contribution is 2.42. The summed E-state index contributed by atoms with van der Waals surface area (Å²) >= 11 is 1.80. The summed E-state index contributed by atoms with van der Waals surface area (Å²) < 4.78 is 0. The molecule has 2 aliphatic rings. The van der Waals surface area contributed by atoms with Crippen LogP contribution in [0, 0.1) is 0 Å². The molecular formula is C21H23N5OS. The third-order valence-electron chi connectivity index (χ3n) is 5.79. The largest absolute Gasteiger partial charge is 0.357 e. The van der Waals surface area contributed by atoms with Crippen LogP contribution < -0.4 is 10.2 Å². The smallest absolute Gasteiger partial charge is 0.242 e. The maximum Gasteiger partial charge on any atom is 0.242 e. The lowest BCUT2D eigenvalue weighted by molar-refractivity contribution is -0.121. The van der Waals surface area contributed by atoms with Crippen molar-refractivity contribution in [3.63, 3.8) is 0 Å². The van der Waals surface area contributed by atoms with Crippen LogP contribution in [0.3, 0.4) is 0 Å². The third kappa shape index (κ3) is 2.85. The average molecular weight is 394 g/mol. The van der Waals surface area contributed by atoms with E-state index >= 15 is 0 Å². The number of hydrogen-bond acceptors (Lipinski definition) is 6. The molecule has 0 radical (unpaired) electrons. The Morgan fingerprint density at radius 2 is 2.14 bits per heavy atom. The summed E-state index contributed by atoms with van der Waals surface area (Å²) in [6.45, 7) is 0.849. The van der Waals surface area contributed by atoms with Gasteiger partial charge in [-0.2, -0.15) is 0 Å². The van der Waals surface area contributed by atoms with Gasteiger partial charge >= 0.3 is 0 Å². The first-order valence-corrected chi connectivity index (χ1v) is 10.8. The average Bonchev–Trinajstić information content (AvgIpc) is 3.38. The predicted molar refractivity (Wildman–Crippen MR) is 112 cm³/mol. The predicted octanol–water partition coefficient (Wildman–Crippen LogP) is 3.35. The molecule has 1 aliphatic heterocycles. The number of likely N-dealkylation sites (N-methyl/N-ethyl adjacent to an activating group) is 1. The molecule has 7 heteroatoms. The number of anilines is 1. The third-order valence-corrected chi connectivity index (χ3v) is 6.97. The number of rotatable bonds is 3. The number of aryl methyl sites for hydroxylation is 2. The standard InChI is InChI=1S/C21H23N5OS/c1-22-20(27)15-8-5-11-26(15)19-17-14-7-2-3-9-16(14)28-21(17)25-18(24-19)13-6-4-10-23-12-13/h4,6,10,12,15H,2-3,5,7-9,11H2,1H3,(H,22,27)/t15-/m0/s1. The van der Waals surface area contributed by atoms with Gasteiger partial charge in [0.25, 0.3) is 0 Å². The summed E-state index contributed by atoms with van der Waals surface area (Å²) in [5.74, 6) is 1.68. The van der Waals surface area contributed by atoms with E-state index in [9.17, 15) is 4.79 Å². The van der Waals surface area contributed by atoms with Crippen molar-refractivity contribution in [1.82, 2.24) is 20.3 Å². The van der Waals surface area contributed by atoms with Crippen molar-refractivity contribution in [3.8, 4) is 11.4 Å². The SMILES string of the molecule is CNC(=O)[C@@H]1CCCN1c1nc(-c2cccnc2)nc2sc3c(c12)CCCC3. The molecule has 3 aromatic heterocycles. The number of thiophene rings is 1. The van der Waals surface area contributed by atoms with Crippen LogP contribution in [0.5, 0.6) is 0 Å². The zero-order valence-corrected chi connectivity index (χ0v) is 16.8. The van der Waals surface area contributed by atoms with Crippen LogP contribution in [0.2, 0.25) is 0 Å². The van der Waals surface area contributed by atoms with E-state index in [1.807, 2.05) is 12.1 Å². The van der Waals surface area contributed by atoms with Gasteiger partial charge in [-0.05, 0) is 56.2 Å². The number of carbonyl (C=O) groups excluding carboxylic acids is 1. The molecule has 4 heterocycles. The molecule has 1 fully saturated rings. The molecule has 0 aromatic carbocycles. The van der Waals surface area contributed by atoms with E-state index in [1.165, 1.54) is 28.7 Å². The molecule has 1 amide bonds. The first-order chi connectivity index (χ1) is 13.8. The van der Waals surface area contributed by atoms with E-state index < -0.39 is 0 Å². The van der Waals surface area contributed by atoms with Crippen molar-refractivity contribution < 1.29 is 4.79 Å². The summed E-state index contributed by atoms with van der Waals surface area (Å²) in [5, 5.41) is 4.00. The van der Waals surface area contributed by atoms with E-state index in [4.69, 9.17) is 9.97 Å². The van der Waals surface area contributed by atoms with Gasteiger partial charge in [0.2, 0.25) is 5.91 Å². The van der Waals surface area contributed by atoms with Crippen LogP contribution in [0.15, 0.2) is 24.5 Å². The Morgan fingerprint density at radius 1 is 1.25 bits per heavy atom. The fourth-order valence-electron chi connectivity index (χ4n) is 4.43. The number of pyridine rings is 1. The number of hydrogen-bond donors (Lipinski definition) is 1. The number of carbonyl (C=O) groups is 1. The second-order valence-electron chi connectivity index (χ2n) is 7.47. The molecule has 1 aliphatic carbocycles. The van der Waals surface area contributed by atoms with Gasteiger partial charge in [0.15, 0.2) is 5.82 Å². The molecule has 28 heavy (non-hydrogen) atoms. The first-order valence-electron chi connectivity index (χ1n) is 9.97. The minimum absolute atomic E-state index is 0.0660. The molecular weight excluding hydrogens is 370 g/mol. The van der Waals surface area contributed by atoms with Crippen LogP contribution in [0.4, 0.5) is 5.82 Å². The highest BCUT2D eigenvalue weighted by Gasteiger charge is 2.34. The highest BCUT2D eigenvalue weighted by atomic mass is 32.1. The zero-order chi connectivity index (χ0) is 19.1. The van der Waals surface area contributed by atoms with Crippen LogP contribution >= 0.6 is 11.3 Å². The molecule has 0 unspecified atom stereocenters. The number of nitrogens with one attached hydrogen (secondary N) is 1. The number of fused-ring (bicyclic) bond motifs is 3. The fourth-order valence-corrected chi connectivity index (χ4v) is 5.69. The van der Waals surface area contributed by atoms with E-state index in [0.717, 1.165) is 48.4 Å². The van der Waals surface area contributed by atoms with Crippen molar-refractivity contribution in [1.29, 1.82) is 0 Å². The summed E-state index contributed by atoms with van der Waals surface area (Å²) in [5.41, 5.74) is 2.31. The number of aromatic nitrogens is 3. The van der Waals surface area contributed by atoms with E-state index in [-0.39, 0.29) is 11.9 Å². The Bertz CT molecular complexity index is 1030. The first kappa shape index (κ1) is 17.6. The van der Waals surface area contributed by atoms with Gasteiger partial charge in [0, 0.05) is 36.4 Å². The Balaban J connectivity index is 1.73. The monoisotopic (exact) mass is 393 g/mol. The molecule has 144 valence electrons. The van der Waals surface area contributed by atoms with E-state index in [2.05, 4.69) is 15.2 Å². The summed E-state index contributed by atoms with van der Waals surface area (Å²) in [6.07, 6.45) is 10.1. The topological polar surface area (TPSA) is 71.0 Å². The van der Waals surface area contributed by atoms with Crippen molar-refractivity contribution in [2.45, 2.75) is 44.6 Å². The molecule has 0 spiro atoms. The summed E-state index contributed by atoms with van der Waals surface area (Å²) in [6, 6.07) is 3.74. The minimum Gasteiger partial charge on any atom is -0.357 e. The van der Waals surface area contributed by atoms with Gasteiger partial charge in [0.1, 0.15) is 16.7 Å². The van der Waals surface area contributed by atoms with Crippen LogP contribution in [0.25, 0.3) is 21.6 Å². The van der Waals surface area contributed by atoms with E-state index in [1.54, 1.807) is 30.8 Å². The van der Waals surface area contributed by atoms with Crippen molar-refractivity contribution in [3.05, 3.63) is 35.0 Å². The van der Waals surface area contributed by atoms with E-state index in [0.29, 0.717) is 5.82 Å². The number of nitrogens with zero attached hydrogens (tertiary/aromatic N) is 4. The zero-order valence-electron chi connectivity index (χ0n) is 15.9. The Labute approximate surface area is 168 Å². The van der Waals surface area contributed by atoms with Gasteiger partial charge in [-0.3, -0.25) is 9.78 Å². The highest BCUT2D eigenvalue weighted by molar-refractivity contribution is 7.19. The molecule has 0 saturated carbocycles. The van der Waals surface area contributed by atoms with Gasteiger partial charge in [-0.1, -0.05) is 0 Å². The molecule has 1 atom stereocenters. The lowest BCUT2D eigenvalue weighted by atomic mass is 9.96. The second kappa shape index (κ2) is 7.13. The second-order valence-corrected chi connectivity index (χ2v) is 8.55. The maximum atomic E-state index is 12.5.